The number of hydrogen-bond acceptors (Lipinski definition) is 3. The van der Waals surface area contributed by atoms with Crippen LogP contribution in [0.5, 0.6) is 5.75 Å². The van der Waals surface area contributed by atoms with Gasteiger partial charge in [0.2, 0.25) is 0 Å². The zero-order chi connectivity index (χ0) is 12.5. The van der Waals surface area contributed by atoms with Gasteiger partial charge < -0.3 is 14.9 Å². The van der Waals surface area contributed by atoms with Gasteiger partial charge in [-0.3, -0.25) is 0 Å². The third kappa shape index (κ3) is 2.13. The molecular weight excluding hydrogens is 220 g/mol. The largest absolute Gasteiger partial charge is 0.476 e. The van der Waals surface area contributed by atoms with E-state index in [1.165, 1.54) is 0 Å². The summed E-state index contributed by atoms with van der Waals surface area (Å²) in [6.45, 7) is 2.05. The Morgan fingerprint density at radius 3 is 2.94 bits per heavy atom. The van der Waals surface area contributed by atoms with Crippen LogP contribution in [-0.2, 0) is 17.6 Å². The Hall–Kier alpha value is -1.55. The number of benzene rings is 1. The second-order valence-electron chi connectivity index (χ2n) is 4.35. The van der Waals surface area contributed by atoms with Crippen LogP contribution in [0.4, 0.5) is 0 Å². The van der Waals surface area contributed by atoms with Gasteiger partial charge in [0, 0.05) is 6.42 Å². The number of rotatable bonds is 3. The summed E-state index contributed by atoms with van der Waals surface area (Å²) in [6, 6.07) is 5.77. The molecule has 0 saturated heterocycles. The molecule has 0 saturated carbocycles. The van der Waals surface area contributed by atoms with Gasteiger partial charge in [-0.05, 0) is 24.0 Å². The number of ether oxygens (including phenoxy) is 1. The lowest BCUT2D eigenvalue weighted by atomic mass is 9.96. The smallest absolute Gasteiger partial charge is 0.377 e. The van der Waals surface area contributed by atoms with Crippen LogP contribution in [0, 0.1) is 0 Å². The van der Waals surface area contributed by atoms with Crippen molar-refractivity contribution < 1.29 is 19.7 Å². The molecule has 1 aliphatic heterocycles. The van der Waals surface area contributed by atoms with E-state index in [0.29, 0.717) is 12.2 Å². The quantitative estimate of drug-likeness (QED) is 0.838. The van der Waals surface area contributed by atoms with E-state index in [1.54, 1.807) is 0 Å². The van der Waals surface area contributed by atoms with Gasteiger partial charge in [0.05, 0.1) is 0 Å². The highest BCUT2D eigenvalue weighted by molar-refractivity contribution is 5.76. The lowest BCUT2D eigenvalue weighted by Crippen LogP contribution is -2.47. The number of fused-ring (bicyclic) bond motifs is 1. The molecule has 2 N–H and O–H groups in total. The number of hydrogen-bond donors (Lipinski definition) is 2. The molecule has 4 heteroatoms. The average Bonchev–Trinajstić information content (AvgIpc) is 2.30. The lowest BCUT2D eigenvalue weighted by Gasteiger charge is -2.31. The van der Waals surface area contributed by atoms with Crippen LogP contribution >= 0.6 is 0 Å². The van der Waals surface area contributed by atoms with Crippen LogP contribution in [0.25, 0.3) is 0 Å². The van der Waals surface area contributed by atoms with E-state index in [4.69, 9.17) is 9.84 Å². The minimum atomic E-state index is -2.07. The zero-order valence-corrected chi connectivity index (χ0v) is 9.77. The van der Waals surface area contributed by atoms with Gasteiger partial charge in [-0.1, -0.05) is 31.5 Å². The SMILES string of the molecule is CCCc1cccc2c1OC(O)(C(=O)O)CC2. The first-order chi connectivity index (χ1) is 8.07. The molecular formula is C13H16O4. The van der Waals surface area contributed by atoms with Crippen molar-refractivity contribution in [1.82, 2.24) is 0 Å². The molecule has 1 aromatic carbocycles. The standard InChI is InChI=1S/C13H16O4/c1-2-4-9-5-3-6-10-7-8-13(16,12(14)15)17-11(9)10/h3,5-6,16H,2,4,7-8H2,1H3,(H,14,15). The molecule has 0 radical (unpaired) electrons. The fraction of sp³-hybridized carbons (Fsp3) is 0.462. The summed E-state index contributed by atoms with van der Waals surface area (Å²) in [4.78, 5) is 11.0. The van der Waals surface area contributed by atoms with Crippen LogP contribution < -0.4 is 4.74 Å². The Balaban J connectivity index is 2.38. The molecule has 1 aliphatic rings. The molecule has 1 atom stereocenters. The molecule has 0 aromatic heterocycles. The Labute approximate surface area is 99.8 Å². The summed E-state index contributed by atoms with van der Waals surface area (Å²) in [5.41, 5.74) is 1.94. The van der Waals surface area contributed by atoms with Crippen molar-refractivity contribution in [3.63, 3.8) is 0 Å². The number of carboxylic acids is 1. The molecule has 0 bridgehead atoms. The Bertz CT molecular complexity index is 441. The summed E-state index contributed by atoms with van der Waals surface area (Å²) in [7, 11) is 0. The average molecular weight is 236 g/mol. The molecule has 1 heterocycles. The number of carbonyl (C=O) groups is 1. The first kappa shape index (κ1) is 11.9. The van der Waals surface area contributed by atoms with Crippen LogP contribution in [0.15, 0.2) is 18.2 Å². The third-order valence-electron chi connectivity index (χ3n) is 3.04. The van der Waals surface area contributed by atoms with Gasteiger partial charge in [0.1, 0.15) is 5.75 Å². The molecule has 92 valence electrons. The van der Waals surface area contributed by atoms with Crippen LogP contribution in [-0.4, -0.2) is 22.0 Å². The molecule has 0 fully saturated rings. The minimum Gasteiger partial charge on any atom is -0.476 e. The molecule has 17 heavy (non-hydrogen) atoms. The first-order valence-corrected chi connectivity index (χ1v) is 5.82. The molecule has 2 rings (SSSR count). The topological polar surface area (TPSA) is 66.8 Å². The minimum absolute atomic E-state index is 0.0882. The number of para-hydroxylation sites is 1. The molecule has 4 nitrogen and oxygen atoms in total. The monoisotopic (exact) mass is 236 g/mol. The Morgan fingerprint density at radius 1 is 1.53 bits per heavy atom. The van der Waals surface area contributed by atoms with Crippen molar-refractivity contribution in [2.75, 3.05) is 0 Å². The van der Waals surface area contributed by atoms with Gasteiger partial charge in [0.15, 0.2) is 0 Å². The summed E-state index contributed by atoms with van der Waals surface area (Å²) in [5.74, 6) is -2.85. The first-order valence-electron chi connectivity index (χ1n) is 5.82. The van der Waals surface area contributed by atoms with Crippen molar-refractivity contribution in [2.45, 2.75) is 38.4 Å². The van der Waals surface area contributed by atoms with Crippen LogP contribution in [0.2, 0.25) is 0 Å². The predicted molar refractivity (Wildman–Crippen MR) is 62.0 cm³/mol. The highest BCUT2D eigenvalue weighted by Gasteiger charge is 2.42. The second-order valence-corrected chi connectivity index (χ2v) is 4.35. The van der Waals surface area contributed by atoms with E-state index in [1.807, 2.05) is 25.1 Å². The summed E-state index contributed by atoms with van der Waals surface area (Å²) >= 11 is 0. The predicted octanol–water partition coefficient (Wildman–Crippen LogP) is 1.74. The van der Waals surface area contributed by atoms with E-state index in [9.17, 15) is 9.90 Å². The van der Waals surface area contributed by atoms with Crippen molar-refractivity contribution in [1.29, 1.82) is 0 Å². The number of aliphatic carboxylic acids is 1. The lowest BCUT2D eigenvalue weighted by molar-refractivity contribution is -0.198. The summed E-state index contributed by atoms with van der Waals surface area (Å²) < 4.78 is 5.32. The highest BCUT2D eigenvalue weighted by Crippen LogP contribution is 2.35. The normalized spacial score (nSPS) is 22.7. The second kappa shape index (κ2) is 4.37. The number of aryl methyl sites for hydroxylation is 2. The maximum absolute atomic E-state index is 11.0. The highest BCUT2D eigenvalue weighted by atomic mass is 16.6. The fourth-order valence-corrected chi connectivity index (χ4v) is 2.11. The van der Waals surface area contributed by atoms with Gasteiger partial charge in [-0.25, -0.2) is 4.79 Å². The van der Waals surface area contributed by atoms with Gasteiger partial charge >= 0.3 is 11.8 Å². The molecule has 0 spiro atoms. The third-order valence-corrected chi connectivity index (χ3v) is 3.04. The number of aliphatic hydroxyl groups is 1. The molecule has 0 amide bonds. The summed E-state index contributed by atoms with van der Waals surface area (Å²) in [6.07, 6.45) is 2.38. The fourth-order valence-electron chi connectivity index (χ4n) is 2.11. The number of carboxylic acid groups (broad SMARTS) is 1. The molecule has 0 aliphatic carbocycles. The maximum Gasteiger partial charge on any atom is 0.377 e. The van der Waals surface area contributed by atoms with Gasteiger partial charge in [-0.2, -0.15) is 0 Å². The van der Waals surface area contributed by atoms with E-state index in [-0.39, 0.29) is 6.42 Å². The zero-order valence-electron chi connectivity index (χ0n) is 9.77. The van der Waals surface area contributed by atoms with E-state index < -0.39 is 11.8 Å². The van der Waals surface area contributed by atoms with Gasteiger partial charge in [0.25, 0.3) is 0 Å². The van der Waals surface area contributed by atoms with Crippen LogP contribution in [0.3, 0.4) is 0 Å². The van der Waals surface area contributed by atoms with Crippen molar-refractivity contribution in [3.8, 4) is 5.75 Å². The van der Waals surface area contributed by atoms with Crippen molar-refractivity contribution in [3.05, 3.63) is 29.3 Å². The Kier molecular flexibility index (Phi) is 3.07. The van der Waals surface area contributed by atoms with Crippen molar-refractivity contribution in [2.24, 2.45) is 0 Å². The Morgan fingerprint density at radius 2 is 2.29 bits per heavy atom. The summed E-state index contributed by atoms with van der Waals surface area (Å²) in [5, 5.41) is 18.8. The molecule has 1 unspecified atom stereocenters. The van der Waals surface area contributed by atoms with E-state index in [0.717, 1.165) is 24.0 Å². The van der Waals surface area contributed by atoms with E-state index in [2.05, 4.69) is 0 Å². The van der Waals surface area contributed by atoms with Crippen LogP contribution in [0.1, 0.15) is 30.9 Å². The van der Waals surface area contributed by atoms with Gasteiger partial charge in [-0.15, -0.1) is 0 Å². The maximum atomic E-state index is 11.0. The van der Waals surface area contributed by atoms with Crippen molar-refractivity contribution >= 4 is 5.97 Å². The van der Waals surface area contributed by atoms with E-state index >= 15 is 0 Å². The molecule has 1 aromatic rings.